The minimum Gasteiger partial charge on any atom is -0.481 e. The van der Waals surface area contributed by atoms with Crippen molar-refractivity contribution in [1.29, 1.82) is 0 Å². The molecule has 0 saturated heterocycles. The van der Waals surface area contributed by atoms with Crippen LogP contribution in [0.4, 0.5) is 8.78 Å². The first kappa shape index (κ1) is 15.4. The number of amides is 1. The Bertz CT molecular complexity index is 451. The third-order valence-electron chi connectivity index (χ3n) is 2.33. The summed E-state index contributed by atoms with van der Waals surface area (Å²) in [5.41, 5.74) is 0.302. The number of carbonyl (C=O) groups is 2. The van der Waals surface area contributed by atoms with Gasteiger partial charge in [0.05, 0.1) is 5.92 Å². The molecule has 0 aromatic heterocycles. The van der Waals surface area contributed by atoms with Crippen molar-refractivity contribution in [2.45, 2.75) is 17.6 Å². The number of carboxylic acids is 1. The maximum absolute atomic E-state index is 12.1. The lowest BCUT2D eigenvalue weighted by molar-refractivity contribution is -0.140. The molecule has 1 unspecified atom stereocenters. The summed E-state index contributed by atoms with van der Waals surface area (Å²) in [4.78, 5) is 22.6. The lowest BCUT2D eigenvalue weighted by atomic mass is 10.1. The molecule has 1 rings (SSSR count). The summed E-state index contributed by atoms with van der Waals surface area (Å²) in [6, 6.07) is 5.69. The molecular formula is C12H13F2NO3S. The molecule has 1 aromatic carbocycles. The Morgan fingerprint density at radius 1 is 1.32 bits per heavy atom. The Balaban J connectivity index is 2.55. The van der Waals surface area contributed by atoms with E-state index in [-0.39, 0.29) is 6.54 Å². The average Bonchev–Trinajstić information content (AvgIpc) is 2.35. The largest absolute Gasteiger partial charge is 0.481 e. The molecule has 0 saturated carbocycles. The Morgan fingerprint density at radius 3 is 2.37 bits per heavy atom. The highest BCUT2D eigenvalue weighted by molar-refractivity contribution is 7.99. The van der Waals surface area contributed by atoms with Crippen molar-refractivity contribution >= 4 is 23.6 Å². The fraction of sp³-hybridized carbons (Fsp3) is 0.333. The number of thioether (sulfide) groups is 1. The molecule has 0 aliphatic heterocycles. The number of benzene rings is 1. The zero-order chi connectivity index (χ0) is 14.4. The Morgan fingerprint density at radius 2 is 1.89 bits per heavy atom. The summed E-state index contributed by atoms with van der Waals surface area (Å²) < 4.78 is 24.2. The molecule has 0 aliphatic rings. The van der Waals surface area contributed by atoms with Gasteiger partial charge in [0.2, 0.25) is 0 Å². The zero-order valence-electron chi connectivity index (χ0n) is 10.1. The van der Waals surface area contributed by atoms with Crippen molar-refractivity contribution in [3.63, 3.8) is 0 Å². The lowest BCUT2D eigenvalue weighted by Crippen LogP contribution is -2.31. The number of hydrogen-bond donors (Lipinski definition) is 2. The van der Waals surface area contributed by atoms with Crippen LogP contribution >= 0.6 is 11.8 Å². The third kappa shape index (κ3) is 5.25. The average molecular weight is 289 g/mol. The zero-order valence-corrected chi connectivity index (χ0v) is 10.9. The molecule has 1 aromatic rings. The molecule has 0 aliphatic carbocycles. The second kappa shape index (κ2) is 7.08. The molecule has 0 fully saturated rings. The molecule has 19 heavy (non-hydrogen) atoms. The summed E-state index contributed by atoms with van der Waals surface area (Å²) in [6.07, 6.45) is 0. The van der Waals surface area contributed by atoms with Crippen molar-refractivity contribution in [2.24, 2.45) is 5.92 Å². The molecule has 1 amide bonds. The maximum Gasteiger partial charge on any atom is 0.308 e. The normalized spacial score (nSPS) is 12.2. The van der Waals surface area contributed by atoms with E-state index in [1.807, 2.05) is 0 Å². The molecule has 0 heterocycles. The number of aliphatic carboxylic acids is 1. The molecule has 2 N–H and O–H groups in total. The van der Waals surface area contributed by atoms with Crippen molar-refractivity contribution in [3.05, 3.63) is 29.8 Å². The van der Waals surface area contributed by atoms with Gasteiger partial charge in [-0.05, 0) is 24.3 Å². The fourth-order valence-electron chi connectivity index (χ4n) is 1.22. The van der Waals surface area contributed by atoms with Crippen LogP contribution < -0.4 is 5.32 Å². The molecule has 0 bridgehead atoms. The van der Waals surface area contributed by atoms with Crippen molar-refractivity contribution in [2.75, 3.05) is 6.54 Å². The third-order valence-corrected chi connectivity index (χ3v) is 3.05. The van der Waals surface area contributed by atoms with Crippen LogP contribution in [0.25, 0.3) is 0 Å². The van der Waals surface area contributed by atoms with E-state index in [1.54, 1.807) is 0 Å². The van der Waals surface area contributed by atoms with Crippen LogP contribution in [-0.4, -0.2) is 29.3 Å². The van der Waals surface area contributed by atoms with Gasteiger partial charge < -0.3 is 10.4 Å². The number of alkyl halides is 2. The van der Waals surface area contributed by atoms with Gasteiger partial charge in [-0.1, -0.05) is 18.7 Å². The standard InChI is InChI=1S/C12H13F2NO3S/c1-7(11(17)18)6-15-10(16)8-2-4-9(5-3-8)19-12(13)14/h2-5,7,12H,6H2,1H3,(H,15,16)(H,17,18). The Hall–Kier alpha value is -1.63. The van der Waals surface area contributed by atoms with Gasteiger partial charge in [0.25, 0.3) is 11.7 Å². The number of nitrogens with one attached hydrogen (secondary N) is 1. The number of hydrogen-bond acceptors (Lipinski definition) is 3. The van der Waals surface area contributed by atoms with E-state index in [2.05, 4.69) is 5.32 Å². The smallest absolute Gasteiger partial charge is 0.308 e. The van der Waals surface area contributed by atoms with Crippen molar-refractivity contribution in [3.8, 4) is 0 Å². The van der Waals surface area contributed by atoms with Crippen LogP contribution in [-0.2, 0) is 4.79 Å². The Labute approximate surface area is 113 Å². The SMILES string of the molecule is CC(CNC(=O)c1ccc(SC(F)F)cc1)C(=O)O. The maximum atomic E-state index is 12.1. The van der Waals surface area contributed by atoms with E-state index in [0.717, 1.165) is 0 Å². The van der Waals surface area contributed by atoms with Crippen LogP contribution in [0.1, 0.15) is 17.3 Å². The molecule has 0 radical (unpaired) electrons. The quantitative estimate of drug-likeness (QED) is 0.789. The van der Waals surface area contributed by atoms with Crippen LogP contribution in [0.3, 0.4) is 0 Å². The first-order valence-electron chi connectivity index (χ1n) is 5.46. The molecule has 0 spiro atoms. The molecular weight excluding hydrogens is 276 g/mol. The van der Waals surface area contributed by atoms with Gasteiger partial charge >= 0.3 is 5.97 Å². The summed E-state index contributed by atoms with van der Waals surface area (Å²) >= 11 is 0.398. The monoisotopic (exact) mass is 289 g/mol. The van der Waals surface area contributed by atoms with Gasteiger partial charge in [0, 0.05) is 17.0 Å². The minimum absolute atomic E-state index is 0.0156. The topological polar surface area (TPSA) is 66.4 Å². The number of carboxylic acid groups (broad SMARTS) is 1. The highest BCUT2D eigenvalue weighted by Crippen LogP contribution is 2.25. The fourth-order valence-corrected chi connectivity index (χ4v) is 1.72. The minimum atomic E-state index is -2.50. The first-order chi connectivity index (χ1) is 8.90. The summed E-state index contributed by atoms with van der Waals surface area (Å²) in [6.45, 7) is 1.49. The van der Waals surface area contributed by atoms with Gasteiger partial charge in [0.1, 0.15) is 0 Å². The van der Waals surface area contributed by atoms with Crippen LogP contribution in [0.5, 0.6) is 0 Å². The van der Waals surface area contributed by atoms with Crippen LogP contribution in [0.2, 0.25) is 0 Å². The van der Waals surface area contributed by atoms with Gasteiger partial charge in [-0.2, -0.15) is 8.78 Å². The van der Waals surface area contributed by atoms with E-state index in [0.29, 0.717) is 22.2 Å². The van der Waals surface area contributed by atoms with Gasteiger partial charge in [0.15, 0.2) is 0 Å². The van der Waals surface area contributed by atoms with E-state index < -0.39 is 23.6 Å². The summed E-state index contributed by atoms with van der Waals surface area (Å²) in [5, 5.41) is 11.1. The van der Waals surface area contributed by atoms with Crippen molar-refractivity contribution in [1.82, 2.24) is 5.32 Å². The highest BCUT2D eigenvalue weighted by atomic mass is 32.2. The summed E-state index contributed by atoms with van der Waals surface area (Å²) in [7, 11) is 0. The van der Waals surface area contributed by atoms with E-state index in [1.165, 1.54) is 31.2 Å². The van der Waals surface area contributed by atoms with Gasteiger partial charge in [-0.15, -0.1) is 0 Å². The highest BCUT2D eigenvalue weighted by Gasteiger charge is 2.13. The van der Waals surface area contributed by atoms with E-state index in [4.69, 9.17) is 5.11 Å². The van der Waals surface area contributed by atoms with Crippen LogP contribution in [0, 0.1) is 5.92 Å². The van der Waals surface area contributed by atoms with E-state index >= 15 is 0 Å². The molecule has 104 valence electrons. The number of rotatable bonds is 6. The summed E-state index contributed by atoms with van der Waals surface area (Å²) in [5.74, 6) is -4.61. The van der Waals surface area contributed by atoms with Crippen molar-refractivity contribution < 1.29 is 23.5 Å². The van der Waals surface area contributed by atoms with Gasteiger partial charge in [-0.3, -0.25) is 9.59 Å². The number of carbonyl (C=O) groups excluding carboxylic acids is 1. The number of halogens is 2. The van der Waals surface area contributed by atoms with Gasteiger partial charge in [-0.25, -0.2) is 0 Å². The van der Waals surface area contributed by atoms with E-state index in [9.17, 15) is 18.4 Å². The molecule has 4 nitrogen and oxygen atoms in total. The first-order valence-corrected chi connectivity index (χ1v) is 6.34. The Kier molecular flexibility index (Phi) is 5.75. The molecule has 7 heteroatoms. The second-order valence-corrected chi connectivity index (χ2v) is 4.92. The molecule has 1 atom stereocenters. The predicted molar refractivity (Wildman–Crippen MR) is 67.4 cm³/mol. The predicted octanol–water partition coefficient (Wildman–Crippen LogP) is 2.45. The lowest BCUT2D eigenvalue weighted by Gasteiger charge is -2.08. The second-order valence-electron chi connectivity index (χ2n) is 3.85. The van der Waals surface area contributed by atoms with Crippen LogP contribution in [0.15, 0.2) is 29.2 Å².